The average Bonchev–Trinajstić information content (AvgIpc) is 2.27. The molecule has 0 amide bonds. The number of piperidine rings is 1. The molecule has 1 aromatic rings. The zero-order chi connectivity index (χ0) is 12.6. The summed E-state index contributed by atoms with van der Waals surface area (Å²) in [4.78, 5) is 6.49. The fraction of sp³-hybridized carbons (Fsp3) is 0.583. The third-order valence-electron chi connectivity index (χ3n) is 3.57. The van der Waals surface area contributed by atoms with E-state index >= 15 is 0 Å². The van der Waals surface area contributed by atoms with Crippen molar-refractivity contribution in [3.05, 3.63) is 16.1 Å². The van der Waals surface area contributed by atoms with Crippen molar-refractivity contribution in [1.29, 1.82) is 0 Å². The third kappa shape index (κ3) is 2.61. The topological polar surface area (TPSA) is 42.2 Å². The van der Waals surface area contributed by atoms with Gasteiger partial charge in [-0.2, -0.15) is 0 Å². The Bertz CT molecular complexity index is 422. The molecule has 2 heterocycles. The van der Waals surface area contributed by atoms with E-state index in [4.69, 9.17) is 28.9 Å². The van der Waals surface area contributed by atoms with E-state index in [-0.39, 0.29) is 0 Å². The van der Waals surface area contributed by atoms with Gasteiger partial charge in [0.05, 0.1) is 10.0 Å². The molecule has 94 valence electrons. The van der Waals surface area contributed by atoms with Crippen molar-refractivity contribution >= 4 is 34.8 Å². The molecule has 1 aliphatic rings. The molecule has 1 aliphatic heterocycles. The number of rotatable bonds is 1. The zero-order valence-electron chi connectivity index (χ0n) is 10.1. The molecule has 0 saturated carbocycles. The predicted octanol–water partition coefficient (Wildman–Crippen LogP) is 3.45. The fourth-order valence-electron chi connectivity index (χ4n) is 2.15. The number of pyridine rings is 1. The van der Waals surface area contributed by atoms with Crippen molar-refractivity contribution in [3.8, 4) is 0 Å². The minimum Gasteiger partial charge on any atom is -0.382 e. The number of nitrogen functional groups attached to an aromatic ring is 1. The summed E-state index contributed by atoms with van der Waals surface area (Å²) in [6.45, 7) is 6.48. The van der Waals surface area contributed by atoms with E-state index in [1.165, 1.54) is 0 Å². The van der Waals surface area contributed by atoms with Gasteiger partial charge in [0, 0.05) is 13.1 Å². The van der Waals surface area contributed by atoms with Crippen LogP contribution >= 0.6 is 23.2 Å². The number of nitrogens with zero attached hydrogens (tertiary/aromatic N) is 2. The molecule has 0 radical (unpaired) electrons. The normalized spacial score (nSPS) is 25.1. The van der Waals surface area contributed by atoms with Crippen molar-refractivity contribution in [2.45, 2.75) is 20.3 Å². The van der Waals surface area contributed by atoms with Crippen molar-refractivity contribution in [2.75, 3.05) is 23.7 Å². The summed E-state index contributed by atoms with van der Waals surface area (Å²) in [5.41, 5.74) is 5.73. The average molecular weight is 274 g/mol. The Balaban J connectivity index is 2.26. The number of hydrogen-bond donors (Lipinski definition) is 1. The van der Waals surface area contributed by atoms with Crippen LogP contribution in [-0.4, -0.2) is 18.1 Å². The Kier molecular flexibility index (Phi) is 3.69. The standard InChI is InChI=1S/C12H17Cl2N3/c1-7-3-4-17(6-8(7)2)12-10(14)5-9(13)11(15)16-12/h5,7-8H,3-4,6H2,1-2H3,(H2,15,16). The number of anilines is 2. The first-order chi connectivity index (χ1) is 7.99. The molecule has 0 bridgehead atoms. The lowest BCUT2D eigenvalue weighted by atomic mass is 9.89. The molecule has 1 aromatic heterocycles. The first kappa shape index (κ1) is 12.8. The summed E-state index contributed by atoms with van der Waals surface area (Å²) < 4.78 is 0. The second-order valence-corrected chi connectivity index (χ2v) is 5.66. The van der Waals surface area contributed by atoms with Gasteiger partial charge < -0.3 is 10.6 Å². The summed E-state index contributed by atoms with van der Waals surface area (Å²) in [5.74, 6) is 2.48. The van der Waals surface area contributed by atoms with Crippen LogP contribution in [0.15, 0.2) is 6.07 Å². The second-order valence-electron chi connectivity index (χ2n) is 4.85. The Morgan fingerprint density at radius 3 is 2.65 bits per heavy atom. The van der Waals surface area contributed by atoms with Gasteiger partial charge in [-0.1, -0.05) is 37.0 Å². The number of nitrogens with two attached hydrogens (primary N) is 1. The number of aromatic nitrogens is 1. The lowest BCUT2D eigenvalue weighted by Crippen LogP contribution is -2.39. The van der Waals surface area contributed by atoms with Gasteiger partial charge in [-0.15, -0.1) is 0 Å². The van der Waals surface area contributed by atoms with Crippen LogP contribution in [0.3, 0.4) is 0 Å². The van der Waals surface area contributed by atoms with Crippen LogP contribution in [0.1, 0.15) is 20.3 Å². The first-order valence-electron chi connectivity index (χ1n) is 5.85. The molecule has 5 heteroatoms. The maximum Gasteiger partial charge on any atom is 0.149 e. The van der Waals surface area contributed by atoms with E-state index in [1.807, 2.05) is 0 Å². The molecule has 0 spiro atoms. The molecule has 2 atom stereocenters. The minimum atomic E-state index is 0.345. The van der Waals surface area contributed by atoms with Crippen molar-refractivity contribution in [1.82, 2.24) is 4.98 Å². The van der Waals surface area contributed by atoms with Crippen LogP contribution in [0.4, 0.5) is 11.6 Å². The molecular weight excluding hydrogens is 257 g/mol. The molecule has 0 aliphatic carbocycles. The van der Waals surface area contributed by atoms with Gasteiger partial charge in [-0.3, -0.25) is 0 Å². The van der Waals surface area contributed by atoms with E-state index in [1.54, 1.807) is 6.07 Å². The lowest BCUT2D eigenvalue weighted by Gasteiger charge is -2.36. The van der Waals surface area contributed by atoms with Gasteiger partial charge in [0.1, 0.15) is 11.6 Å². The molecule has 1 saturated heterocycles. The maximum atomic E-state index is 6.17. The summed E-state index contributed by atoms with van der Waals surface area (Å²) in [6.07, 6.45) is 1.15. The predicted molar refractivity (Wildman–Crippen MR) is 73.8 cm³/mol. The maximum absolute atomic E-state index is 6.17. The summed E-state index contributed by atoms with van der Waals surface area (Å²) in [5, 5.41) is 0.989. The minimum absolute atomic E-state index is 0.345. The molecule has 1 fully saturated rings. The Morgan fingerprint density at radius 2 is 2.00 bits per heavy atom. The van der Waals surface area contributed by atoms with Gasteiger partial charge in [0.2, 0.25) is 0 Å². The highest BCUT2D eigenvalue weighted by Gasteiger charge is 2.25. The molecular formula is C12H17Cl2N3. The van der Waals surface area contributed by atoms with E-state index in [0.29, 0.717) is 21.8 Å². The van der Waals surface area contributed by atoms with Crippen molar-refractivity contribution in [3.63, 3.8) is 0 Å². The van der Waals surface area contributed by atoms with Crippen LogP contribution in [0, 0.1) is 11.8 Å². The Morgan fingerprint density at radius 1 is 1.29 bits per heavy atom. The summed E-state index contributed by atoms with van der Waals surface area (Å²) >= 11 is 12.1. The van der Waals surface area contributed by atoms with Gasteiger partial charge in [0.25, 0.3) is 0 Å². The molecule has 2 N–H and O–H groups in total. The van der Waals surface area contributed by atoms with Crippen molar-refractivity contribution < 1.29 is 0 Å². The fourth-order valence-corrected chi connectivity index (χ4v) is 2.63. The van der Waals surface area contributed by atoms with Gasteiger partial charge in [-0.25, -0.2) is 4.98 Å². The van der Waals surface area contributed by atoms with Crippen LogP contribution < -0.4 is 10.6 Å². The molecule has 17 heavy (non-hydrogen) atoms. The van der Waals surface area contributed by atoms with E-state index in [2.05, 4.69) is 23.7 Å². The van der Waals surface area contributed by atoms with E-state index < -0.39 is 0 Å². The number of halogens is 2. The number of hydrogen-bond acceptors (Lipinski definition) is 3. The molecule has 2 rings (SSSR count). The van der Waals surface area contributed by atoms with Crippen LogP contribution in [0.5, 0.6) is 0 Å². The highest BCUT2D eigenvalue weighted by molar-refractivity contribution is 6.37. The zero-order valence-corrected chi connectivity index (χ0v) is 11.6. The van der Waals surface area contributed by atoms with Crippen molar-refractivity contribution in [2.24, 2.45) is 11.8 Å². The van der Waals surface area contributed by atoms with Gasteiger partial charge in [-0.05, 0) is 24.3 Å². The van der Waals surface area contributed by atoms with E-state index in [0.717, 1.165) is 31.2 Å². The summed E-state index contributed by atoms with van der Waals surface area (Å²) in [6, 6.07) is 1.67. The highest BCUT2D eigenvalue weighted by Crippen LogP contribution is 2.33. The molecule has 3 nitrogen and oxygen atoms in total. The highest BCUT2D eigenvalue weighted by atomic mass is 35.5. The Labute approximate surface area is 112 Å². The van der Waals surface area contributed by atoms with Gasteiger partial charge >= 0.3 is 0 Å². The quantitative estimate of drug-likeness (QED) is 0.852. The monoisotopic (exact) mass is 273 g/mol. The van der Waals surface area contributed by atoms with Crippen LogP contribution in [0.2, 0.25) is 10.0 Å². The second kappa shape index (κ2) is 4.91. The molecule has 0 aromatic carbocycles. The smallest absolute Gasteiger partial charge is 0.149 e. The van der Waals surface area contributed by atoms with E-state index in [9.17, 15) is 0 Å². The largest absolute Gasteiger partial charge is 0.382 e. The Hall–Kier alpha value is -0.670. The van der Waals surface area contributed by atoms with Crippen LogP contribution in [0.25, 0.3) is 0 Å². The SMILES string of the molecule is CC1CCN(c2nc(N)c(Cl)cc2Cl)CC1C. The lowest BCUT2D eigenvalue weighted by molar-refractivity contribution is 0.323. The van der Waals surface area contributed by atoms with Crippen LogP contribution in [-0.2, 0) is 0 Å². The third-order valence-corrected chi connectivity index (χ3v) is 4.15. The molecule has 2 unspecified atom stereocenters. The van der Waals surface area contributed by atoms with Gasteiger partial charge in [0.15, 0.2) is 0 Å². The summed E-state index contributed by atoms with van der Waals surface area (Å²) in [7, 11) is 0. The first-order valence-corrected chi connectivity index (χ1v) is 6.61.